The fraction of sp³-hybridized carbons (Fsp3) is 0.417. The highest BCUT2D eigenvalue weighted by atomic mass is 16.1. The smallest absolute Gasteiger partial charge is 0.221 e. The zero-order chi connectivity index (χ0) is 10.5. The fourth-order valence-corrected chi connectivity index (χ4v) is 1.82. The van der Waals surface area contributed by atoms with Gasteiger partial charge in [-0.15, -0.1) is 0 Å². The largest absolute Gasteiger partial charge is 0.384 e. The third-order valence-electron chi connectivity index (χ3n) is 2.63. The van der Waals surface area contributed by atoms with Crippen LogP contribution in [0.5, 0.6) is 0 Å². The van der Waals surface area contributed by atoms with Gasteiger partial charge in [-0.2, -0.15) is 0 Å². The lowest BCUT2D eigenvalue weighted by molar-refractivity contribution is -0.120. The van der Waals surface area contributed by atoms with Crippen molar-refractivity contribution < 1.29 is 4.79 Å². The van der Waals surface area contributed by atoms with Gasteiger partial charge in [0, 0.05) is 25.2 Å². The Hall–Kier alpha value is -1.51. The summed E-state index contributed by atoms with van der Waals surface area (Å²) >= 11 is 0. The first kappa shape index (κ1) is 10.0. The molecule has 15 heavy (non-hydrogen) atoms. The lowest BCUT2D eigenvalue weighted by Crippen LogP contribution is -2.27. The Labute approximate surface area is 89.9 Å². The molecule has 80 valence electrons. The molecule has 2 N–H and O–H groups in total. The molecule has 0 radical (unpaired) electrons. The molecular weight excluding hydrogens is 188 g/mol. The molecule has 2 rings (SSSR count). The van der Waals surface area contributed by atoms with Crippen molar-refractivity contribution in [1.82, 2.24) is 5.32 Å². The highest BCUT2D eigenvalue weighted by Crippen LogP contribution is 2.17. The summed E-state index contributed by atoms with van der Waals surface area (Å²) in [7, 11) is 0. The molecule has 0 unspecified atom stereocenters. The van der Waals surface area contributed by atoms with E-state index in [-0.39, 0.29) is 5.91 Å². The summed E-state index contributed by atoms with van der Waals surface area (Å²) in [6, 6.07) is 8.31. The maximum atomic E-state index is 11.3. The molecule has 1 aromatic carbocycles. The van der Waals surface area contributed by atoms with Crippen LogP contribution in [0, 0.1) is 0 Å². The normalized spacial score (nSPS) is 17.2. The van der Waals surface area contributed by atoms with Crippen molar-refractivity contribution in [2.45, 2.75) is 19.3 Å². The molecule has 1 heterocycles. The van der Waals surface area contributed by atoms with Gasteiger partial charge in [-0.05, 0) is 24.5 Å². The highest BCUT2D eigenvalue weighted by Gasteiger charge is 2.06. The lowest BCUT2D eigenvalue weighted by Gasteiger charge is -2.14. The number of para-hydroxylation sites is 1. The van der Waals surface area contributed by atoms with E-state index in [0.29, 0.717) is 13.0 Å². The minimum absolute atomic E-state index is 0.141. The number of amides is 1. The van der Waals surface area contributed by atoms with Gasteiger partial charge < -0.3 is 10.6 Å². The number of aryl methyl sites for hydroxylation is 1. The van der Waals surface area contributed by atoms with Crippen LogP contribution in [-0.2, 0) is 11.2 Å². The van der Waals surface area contributed by atoms with Gasteiger partial charge in [-0.3, -0.25) is 4.79 Å². The fourth-order valence-electron chi connectivity index (χ4n) is 1.82. The third kappa shape index (κ3) is 2.72. The summed E-state index contributed by atoms with van der Waals surface area (Å²) in [6.45, 7) is 1.50. The van der Waals surface area contributed by atoms with E-state index in [2.05, 4.69) is 28.8 Å². The van der Waals surface area contributed by atoms with E-state index in [1.54, 1.807) is 0 Å². The van der Waals surface area contributed by atoms with Crippen molar-refractivity contribution >= 4 is 11.6 Å². The average molecular weight is 204 g/mol. The Morgan fingerprint density at radius 2 is 1.87 bits per heavy atom. The number of anilines is 1. The molecule has 0 aliphatic carbocycles. The number of nitrogens with one attached hydrogen (secondary N) is 2. The molecule has 0 bridgehead atoms. The second-order valence-corrected chi connectivity index (χ2v) is 3.79. The third-order valence-corrected chi connectivity index (χ3v) is 2.63. The standard InChI is InChI=1S/C12H16N2O/c15-12-7-9-13-11-6-2-1-4-10(11)5-3-8-14-12/h1-2,4,6,13H,3,5,7-9H2,(H,14,15). The van der Waals surface area contributed by atoms with E-state index in [4.69, 9.17) is 0 Å². The first-order chi connectivity index (χ1) is 7.36. The Kier molecular flexibility index (Phi) is 3.22. The van der Waals surface area contributed by atoms with Gasteiger partial charge in [0.1, 0.15) is 0 Å². The monoisotopic (exact) mass is 204 g/mol. The highest BCUT2D eigenvalue weighted by molar-refractivity contribution is 5.76. The Balaban J connectivity index is 2.11. The molecule has 0 aromatic heterocycles. The van der Waals surface area contributed by atoms with Gasteiger partial charge >= 0.3 is 0 Å². The van der Waals surface area contributed by atoms with E-state index in [1.807, 2.05) is 6.07 Å². The van der Waals surface area contributed by atoms with Crippen molar-refractivity contribution in [2.24, 2.45) is 0 Å². The van der Waals surface area contributed by atoms with Crippen molar-refractivity contribution in [2.75, 3.05) is 18.4 Å². The molecule has 0 saturated carbocycles. The van der Waals surface area contributed by atoms with Crippen LogP contribution in [0.15, 0.2) is 24.3 Å². The summed E-state index contributed by atoms with van der Waals surface area (Å²) < 4.78 is 0. The number of carbonyl (C=O) groups is 1. The summed E-state index contributed by atoms with van der Waals surface area (Å²) in [6.07, 6.45) is 2.57. The number of benzene rings is 1. The molecule has 0 spiro atoms. The van der Waals surface area contributed by atoms with Crippen LogP contribution in [0.4, 0.5) is 5.69 Å². The maximum Gasteiger partial charge on any atom is 0.221 e. The average Bonchev–Trinajstić information content (AvgIpc) is 2.26. The molecule has 3 nitrogen and oxygen atoms in total. The number of carbonyl (C=O) groups excluding carboxylic acids is 1. The number of rotatable bonds is 0. The summed E-state index contributed by atoms with van der Waals surface area (Å²) in [5.74, 6) is 0.141. The van der Waals surface area contributed by atoms with Gasteiger partial charge in [0.2, 0.25) is 5.91 Å². The predicted molar refractivity (Wildman–Crippen MR) is 60.9 cm³/mol. The molecule has 0 atom stereocenters. The second kappa shape index (κ2) is 4.82. The Morgan fingerprint density at radius 1 is 1.00 bits per heavy atom. The first-order valence-corrected chi connectivity index (χ1v) is 5.45. The van der Waals surface area contributed by atoms with Gasteiger partial charge in [-0.25, -0.2) is 0 Å². The minimum atomic E-state index is 0.141. The van der Waals surface area contributed by atoms with E-state index >= 15 is 0 Å². The molecule has 1 aromatic rings. The zero-order valence-corrected chi connectivity index (χ0v) is 8.75. The number of fused-ring (bicyclic) bond motifs is 1. The molecule has 0 saturated heterocycles. The Morgan fingerprint density at radius 3 is 2.80 bits per heavy atom. The summed E-state index contributed by atoms with van der Waals surface area (Å²) in [4.78, 5) is 11.3. The van der Waals surface area contributed by atoms with E-state index in [9.17, 15) is 4.79 Å². The number of hydrogen-bond donors (Lipinski definition) is 2. The van der Waals surface area contributed by atoms with Crippen LogP contribution >= 0.6 is 0 Å². The van der Waals surface area contributed by atoms with Crippen LogP contribution in [0.25, 0.3) is 0 Å². The summed E-state index contributed by atoms with van der Waals surface area (Å²) in [5, 5.41) is 6.21. The van der Waals surface area contributed by atoms with Crippen molar-refractivity contribution in [3.05, 3.63) is 29.8 Å². The predicted octanol–water partition coefficient (Wildman–Crippen LogP) is 1.55. The maximum absolute atomic E-state index is 11.3. The molecule has 1 amide bonds. The van der Waals surface area contributed by atoms with Crippen LogP contribution in [0.1, 0.15) is 18.4 Å². The van der Waals surface area contributed by atoms with Crippen LogP contribution in [0.2, 0.25) is 0 Å². The molecule has 0 fully saturated rings. The first-order valence-electron chi connectivity index (χ1n) is 5.45. The summed E-state index contributed by atoms with van der Waals surface area (Å²) in [5.41, 5.74) is 2.51. The van der Waals surface area contributed by atoms with Crippen molar-refractivity contribution in [3.63, 3.8) is 0 Å². The minimum Gasteiger partial charge on any atom is -0.384 e. The van der Waals surface area contributed by atoms with E-state index in [1.165, 1.54) is 11.3 Å². The molecular formula is C12H16N2O. The van der Waals surface area contributed by atoms with Crippen LogP contribution < -0.4 is 10.6 Å². The van der Waals surface area contributed by atoms with Crippen LogP contribution in [-0.4, -0.2) is 19.0 Å². The topological polar surface area (TPSA) is 41.1 Å². The van der Waals surface area contributed by atoms with Crippen molar-refractivity contribution in [1.29, 1.82) is 0 Å². The molecule has 1 aliphatic heterocycles. The van der Waals surface area contributed by atoms with Gasteiger partial charge in [-0.1, -0.05) is 18.2 Å². The second-order valence-electron chi connectivity index (χ2n) is 3.79. The molecule has 3 heteroatoms. The SMILES string of the molecule is O=C1CCNc2ccccc2CCCN1. The zero-order valence-electron chi connectivity index (χ0n) is 8.75. The quantitative estimate of drug-likeness (QED) is 0.673. The van der Waals surface area contributed by atoms with E-state index < -0.39 is 0 Å². The van der Waals surface area contributed by atoms with Crippen molar-refractivity contribution in [3.8, 4) is 0 Å². The lowest BCUT2D eigenvalue weighted by atomic mass is 10.1. The van der Waals surface area contributed by atoms with Gasteiger partial charge in [0.05, 0.1) is 0 Å². The van der Waals surface area contributed by atoms with E-state index in [0.717, 1.165) is 19.4 Å². The van der Waals surface area contributed by atoms with Gasteiger partial charge in [0.25, 0.3) is 0 Å². The number of hydrogen-bond acceptors (Lipinski definition) is 2. The molecule has 1 aliphatic rings. The van der Waals surface area contributed by atoms with Gasteiger partial charge in [0.15, 0.2) is 0 Å². The Bertz CT molecular complexity index is 349. The van der Waals surface area contributed by atoms with Crippen LogP contribution in [0.3, 0.4) is 0 Å².